The summed E-state index contributed by atoms with van der Waals surface area (Å²) in [6.07, 6.45) is 1.92. The van der Waals surface area contributed by atoms with Crippen LogP contribution in [0.25, 0.3) is 0 Å². The molecule has 6 heteroatoms. The van der Waals surface area contributed by atoms with Gasteiger partial charge < -0.3 is 9.64 Å². The summed E-state index contributed by atoms with van der Waals surface area (Å²) in [4.78, 5) is 10.5. The van der Waals surface area contributed by atoms with Gasteiger partial charge in [-0.15, -0.1) is 0 Å². The van der Waals surface area contributed by atoms with Gasteiger partial charge in [0.25, 0.3) is 0 Å². The highest BCUT2D eigenvalue weighted by Gasteiger charge is 2.24. The number of morpholine rings is 1. The molecule has 0 amide bonds. The standard InChI is InChI=1S/C10H17N5O/c1-7-6-16-8(2)5-15(7)9-3-4-12-10(13-9)14-11/h3-4,7-8H,5-6,11H2,1-2H3,(H,12,13,14). The van der Waals surface area contributed by atoms with Crippen LogP contribution >= 0.6 is 0 Å². The van der Waals surface area contributed by atoms with E-state index in [-0.39, 0.29) is 6.10 Å². The number of ether oxygens (including phenoxy) is 1. The van der Waals surface area contributed by atoms with Crippen molar-refractivity contribution in [3.8, 4) is 0 Å². The molecule has 1 aliphatic rings. The van der Waals surface area contributed by atoms with Crippen molar-refractivity contribution < 1.29 is 4.74 Å². The highest BCUT2D eigenvalue weighted by atomic mass is 16.5. The molecule has 88 valence electrons. The van der Waals surface area contributed by atoms with Crippen molar-refractivity contribution in [1.29, 1.82) is 0 Å². The van der Waals surface area contributed by atoms with E-state index in [2.05, 4.69) is 34.1 Å². The topological polar surface area (TPSA) is 76.3 Å². The highest BCUT2D eigenvalue weighted by molar-refractivity contribution is 5.43. The molecule has 2 rings (SSSR count). The third-order valence-electron chi connectivity index (χ3n) is 2.67. The Morgan fingerprint density at radius 3 is 3.12 bits per heavy atom. The predicted molar refractivity (Wildman–Crippen MR) is 62.1 cm³/mol. The molecule has 6 nitrogen and oxygen atoms in total. The van der Waals surface area contributed by atoms with Crippen LogP contribution in [0.2, 0.25) is 0 Å². The van der Waals surface area contributed by atoms with Crippen molar-refractivity contribution in [2.75, 3.05) is 23.5 Å². The van der Waals surface area contributed by atoms with Gasteiger partial charge in [-0.3, -0.25) is 5.43 Å². The summed E-state index contributed by atoms with van der Waals surface area (Å²) in [6, 6.07) is 2.20. The summed E-state index contributed by atoms with van der Waals surface area (Å²) in [5.74, 6) is 6.61. The molecule has 2 unspecified atom stereocenters. The predicted octanol–water partition coefficient (Wildman–Crippen LogP) is 0.376. The zero-order valence-electron chi connectivity index (χ0n) is 9.55. The SMILES string of the molecule is CC1CN(c2ccnc(NN)n2)C(C)CO1. The lowest BCUT2D eigenvalue weighted by Gasteiger charge is -2.37. The van der Waals surface area contributed by atoms with E-state index in [1.165, 1.54) is 0 Å². The van der Waals surface area contributed by atoms with Crippen LogP contribution in [-0.4, -0.2) is 35.3 Å². The van der Waals surface area contributed by atoms with Gasteiger partial charge in [-0.2, -0.15) is 4.98 Å². The van der Waals surface area contributed by atoms with E-state index in [0.29, 0.717) is 12.0 Å². The molecule has 3 N–H and O–H groups in total. The Balaban J connectivity index is 2.20. The second-order valence-corrected chi connectivity index (χ2v) is 4.03. The molecule has 0 saturated carbocycles. The van der Waals surface area contributed by atoms with Crippen molar-refractivity contribution >= 4 is 11.8 Å². The van der Waals surface area contributed by atoms with Gasteiger partial charge in [-0.1, -0.05) is 0 Å². The maximum atomic E-state index is 5.57. The number of hydrogen-bond donors (Lipinski definition) is 2. The Labute approximate surface area is 94.8 Å². The molecule has 1 aliphatic heterocycles. The van der Waals surface area contributed by atoms with Crippen LogP contribution in [0.15, 0.2) is 12.3 Å². The number of anilines is 2. The van der Waals surface area contributed by atoms with E-state index in [9.17, 15) is 0 Å². The first-order chi connectivity index (χ1) is 7.70. The Bertz CT molecular complexity index is 359. The maximum absolute atomic E-state index is 5.57. The van der Waals surface area contributed by atoms with Gasteiger partial charge in [0.1, 0.15) is 5.82 Å². The van der Waals surface area contributed by atoms with Crippen molar-refractivity contribution in [3.05, 3.63) is 12.3 Å². The van der Waals surface area contributed by atoms with Crippen molar-refractivity contribution in [3.63, 3.8) is 0 Å². The minimum absolute atomic E-state index is 0.223. The van der Waals surface area contributed by atoms with Crippen molar-refractivity contribution in [2.24, 2.45) is 5.84 Å². The molecule has 0 radical (unpaired) electrons. The Morgan fingerprint density at radius 2 is 2.38 bits per heavy atom. The van der Waals surface area contributed by atoms with E-state index in [4.69, 9.17) is 10.6 Å². The molecule has 16 heavy (non-hydrogen) atoms. The van der Waals surface area contributed by atoms with E-state index < -0.39 is 0 Å². The molecule has 2 atom stereocenters. The average molecular weight is 223 g/mol. The maximum Gasteiger partial charge on any atom is 0.239 e. The number of nitrogen functional groups attached to an aromatic ring is 1. The summed E-state index contributed by atoms with van der Waals surface area (Å²) in [5, 5.41) is 0. The molecule has 1 fully saturated rings. The first kappa shape index (κ1) is 11.1. The van der Waals surface area contributed by atoms with Crippen LogP contribution in [-0.2, 0) is 4.74 Å². The summed E-state index contributed by atoms with van der Waals surface area (Å²) in [7, 11) is 0. The quantitative estimate of drug-likeness (QED) is 0.557. The number of hydrogen-bond acceptors (Lipinski definition) is 6. The zero-order valence-corrected chi connectivity index (χ0v) is 9.55. The molecule has 1 saturated heterocycles. The summed E-state index contributed by atoms with van der Waals surface area (Å²) >= 11 is 0. The van der Waals surface area contributed by atoms with E-state index >= 15 is 0 Å². The van der Waals surface area contributed by atoms with Crippen LogP contribution in [0.4, 0.5) is 11.8 Å². The van der Waals surface area contributed by atoms with Gasteiger partial charge in [0.15, 0.2) is 0 Å². The first-order valence-corrected chi connectivity index (χ1v) is 5.38. The molecule has 0 bridgehead atoms. The number of aromatic nitrogens is 2. The monoisotopic (exact) mass is 223 g/mol. The molecule has 1 aromatic heterocycles. The normalized spacial score (nSPS) is 25.6. The van der Waals surface area contributed by atoms with Crippen LogP contribution in [0.5, 0.6) is 0 Å². The number of nitrogens with two attached hydrogens (primary N) is 1. The number of nitrogens with one attached hydrogen (secondary N) is 1. The molecular weight excluding hydrogens is 206 g/mol. The average Bonchev–Trinajstić information content (AvgIpc) is 2.32. The molecule has 2 heterocycles. The van der Waals surface area contributed by atoms with Gasteiger partial charge in [0, 0.05) is 12.7 Å². The molecular formula is C10H17N5O. The summed E-state index contributed by atoms with van der Waals surface area (Å²) in [6.45, 7) is 5.73. The molecule has 1 aromatic rings. The van der Waals surface area contributed by atoms with Crippen LogP contribution in [0.3, 0.4) is 0 Å². The third kappa shape index (κ3) is 2.23. The second kappa shape index (κ2) is 4.63. The number of rotatable bonds is 2. The molecule has 0 aromatic carbocycles. The smallest absolute Gasteiger partial charge is 0.239 e. The van der Waals surface area contributed by atoms with Gasteiger partial charge in [0.05, 0.1) is 18.8 Å². The van der Waals surface area contributed by atoms with E-state index in [1.807, 2.05) is 6.07 Å². The summed E-state index contributed by atoms with van der Waals surface area (Å²) in [5.41, 5.74) is 2.45. The van der Waals surface area contributed by atoms with Gasteiger partial charge >= 0.3 is 0 Å². The fraction of sp³-hybridized carbons (Fsp3) is 0.600. The third-order valence-corrected chi connectivity index (χ3v) is 2.67. The number of nitrogens with zero attached hydrogens (tertiary/aromatic N) is 3. The Kier molecular flexibility index (Phi) is 3.21. The van der Waals surface area contributed by atoms with Gasteiger partial charge in [0.2, 0.25) is 5.95 Å². The van der Waals surface area contributed by atoms with Crippen molar-refractivity contribution in [2.45, 2.75) is 26.0 Å². The minimum atomic E-state index is 0.223. The Hall–Kier alpha value is -1.40. The number of hydrazine groups is 1. The van der Waals surface area contributed by atoms with E-state index in [0.717, 1.165) is 19.0 Å². The second-order valence-electron chi connectivity index (χ2n) is 4.03. The fourth-order valence-corrected chi connectivity index (χ4v) is 1.80. The lowest BCUT2D eigenvalue weighted by atomic mass is 10.2. The van der Waals surface area contributed by atoms with Crippen molar-refractivity contribution in [1.82, 2.24) is 9.97 Å². The minimum Gasteiger partial charge on any atom is -0.375 e. The largest absolute Gasteiger partial charge is 0.375 e. The zero-order chi connectivity index (χ0) is 11.5. The molecule has 0 aliphatic carbocycles. The first-order valence-electron chi connectivity index (χ1n) is 5.38. The summed E-state index contributed by atoms with van der Waals surface area (Å²) < 4.78 is 5.57. The van der Waals surface area contributed by atoms with E-state index in [1.54, 1.807) is 6.20 Å². The fourth-order valence-electron chi connectivity index (χ4n) is 1.80. The van der Waals surface area contributed by atoms with Gasteiger partial charge in [-0.25, -0.2) is 10.8 Å². The highest BCUT2D eigenvalue weighted by Crippen LogP contribution is 2.19. The Morgan fingerprint density at radius 1 is 1.56 bits per heavy atom. The van der Waals surface area contributed by atoms with Crippen LogP contribution in [0.1, 0.15) is 13.8 Å². The lowest BCUT2D eigenvalue weighted by Crippen LogP contribution is -2.47. The van der Waals surface area contributed by atoms with Gasteiger partial charge in [-0.05, 0) is 19.9 Å². The van der Waals surface area contributed by atoms with Crippen LogP contribution < -0.4 is 16.2 Å². The lowest BCUT2D eigenvalue weighted by molar-refractivity contribution is 0.0340. The van der Waals surface area contributed by atoms with Crippen LogP contribution in [0, 0.1) is 0 Å². The molecule has 0 spiro atoms.